The van der Waals surface area contributed by atoms with E-state index in [0.29, 0.717) is 29.4 Å². The summed E-state index contributed by atoms with van der Waals surface area (Å²) in [5.41, 5.74) is 21.4. The first kappa shape index (κ1) is 44.6. The molecule has 0 fully saturated rings. The van der Waals surface area contributed by atoms with Gasteiger partial charge in [0.1, 0.15) is 0 Å². The first-order valence-electron chi connectivity index (χ1n) is 27.4. The largest absolute Gasteiger partial charge is 0.277 e. The van der Waals surface area contributed by atoms with E-state index in [1.54, 1.807) is 0 Å². The van der Waals surface area contributed by atoms with Crippen molar-refractivity contribution in [2.24, 2.45) is 0 Å². The molecule has 0 N–H and O–H groups in total. The highest BCUT2D eigenvalue weighted by atomic mass is 15.2. The van der Waals surface area contributed by atoms with Crippen molar-refractivity contribution in [2.45, 2.75) is 51.4 Å². The van der Waals surface area contributed by atoms with Crippen LogP contribution in [-0.4, -0.2) is 39.0 Å². The quantitative estimate of drug-likeness (QED) is 0.151. The number of hydrogen-bond donors (Lipinski definition) is 0. The number of hydrogen-bond acceptors (Lipinski definition) is 6. The number of aryl methyl sites for hydroxylation is 4. The SMILES string of the molecule is C1=CCCC(c2nc(C3=CCCC=C3)nc(-n3c4ccc(-c5ccccc5)cc4c4cc5c6c(c43)CCc3cc4c7cc(-c8ccccc8)ccc7n(-c7nc(-c8ccccc8)nc(-c8ccccc8)n7)c4c(c3-6)CC5)n2)=C1. The van der Waals surface area contributed by atoms with Crippen molar-refractivity contribution in [3.05, 3.63) is 240 Å². The third-order valence-electron chi connectivity index (χ3n) is 16.5. The Morgan fingerprint density at radius 1 is 0.359 bits per heavy atom. The lowest BCUT2D eigenvalue weighted by atomic mass is 9.74. The van der Waals surface area contributed by atoms with Crippen molar-refractivity contribution >= 4 is 54.8 Å². The Balaban J connectivity index is 0.992. The highest BCUT2D eigenvalue weighted by Crippen LogP contribution is 2.52. The summed E-state index contributed by atoms with van der Waals surface area (Å²) >= 11 is 0. The van der Waals surface area contributed by atoms with Crippen LogP contribution < -0.4 is 0 Å². The summed E-state index contributed by atoms with van der Waals surface area (Å²) in [5.74, 6) is 3.98. The van der Waals surface area contributed by atoms with Crippen LogP contribution in [0.5, 0.6) is 0 Å². The van der Waals surface area contributed by atoms with Crippen LogP contribution in [0.2, 0.25) is 0 Å². The lowest BCUT2D eigenvalue weighted by molar-refractivity contribution is 0.867. The minimum atomic E-state index is 0.603. The van der Waals surface area contributed by atoms with Crippen LogP contribution in [0.1, 0.15) is 59.6 Å². The molecule has 0 radical (unpaired) electrons. The molecule has 4 heterocycles. The molecular weight excluding hydrogens is 953 g/mol. The molecule has 0 spiro atoms. The van der Waals surface area contributed by atoms with E-state index in [0.717, 1.165) is 96.0 Å². The van der Waals surface area contributed by atoms with Gasteiger partial charge >= 0.3 is 0 Å². The molecule has 0 saturated heterocycles. The average molecular weight is 1000 g/mol. The second kappa shape index (κ2) is 18.0. The molecule has 4 aliphatic rings. The topological polar surface area (TPSA) is 87.2 Å². The number of benzene rings is 8. The molecule has 12 aromatic rings. The van der Waals surface area contributed by atoms with E-state index in [9.17, 15) is 0 Å². The second-order valence-electron chi connectivity index (χ2n) is 21.0. The highest BCUT2D eigenvalue weighted by Gasteiger charge is 2.34. The Bertz CT molecular complexity index is 4520. The van der Waals surface area contributed by atoms with E-state index in [2.05, 4.69) is 179 Å². The molecule has 78 heavy (non-hydrogen) atoms. The molecule has 16 rings (SSSR count). The Morgan fingerprint density at radius 3 is 1.33 bits per heavy atom. The van der Waals surface area contributed by atoms with Gasteiger partial charge in [-0.1, -0.05) is 170 Å². The second-order valence-corrected chi connectivity index (χ2v) is 21.0. The number of rotatable bonds is 8. The number of aromatic nitrogens is 8. The lowest BCUT2D eigenvalue weighted by Crippen LogP contribution is -2.17. The molecule has 0 aliphatic heterocycles. The molecule has 0 unspecified atom stereocenters. The molecule has 8 aromatic carbocycles. The maximum atomic E-state index is 5.48. The third-order valence-corrected chi connectivity index (χ3v) is 16.5. The highest BCUT2D eigenvalue weighted by molar-refractivity contribution is 6.16. The van der Waals surface area contributed by atoms with E-state index in [4.69, 9.17) is 29.9 Å². The molecule has 4 aliphatic carbocycles. The van der Waals surface area contributed by atoms with Crippen molar-refractivity contribution in [3.8, 4) is 68.1 Å². The minimum Gasteiger partial charge on any atom is -0.277 e. The zero-order chi connectivity index (χ0) is 51.3. The Labute approximate surface area is 451 Å². The zero-order valence-electron chi connectivity index (χ0n) is 42.9. The summed E-state index contributed by atoms with van der Waals surface area (Å²) in [5, 5.41) is 4.84. The zero-order valence-corrected chi connectivity index (χ0v) is 42.9. The lowest BCUT2D eigenvalue weighted by Gasteiger charge is -2.31. The predicted molar refractivity (Wildman–Crippen MR) is 317 cm³/mol. The molecule has 370 valence electrons. The van der Waals surface area contributed by atoms with Crippen LogP contribution in [0.4, 0.5) is 0 Å². The fraction of sp³-hybridized carbons (Fsp3) is 0.114. The Morgan fingerprint density at radius 2 is 0.846 bits per heavy atom. The normalized spacial score (nSPS) is 14.6. The van der Waals surface area contributed by atoms with Gasteiger partial charge in [-0.3, -0.25) is 9.13 Å². The van der Waals surface area contributed by atoms with E-state index < -0.39 is 0 Å². The van der Waals surface area contributed by atoms with Crippen LogP contribution in [0, 0.1) is 0 Å². The molecule has 0 saturated carbocycles. The predicted octanol–water partition coefficient (Wildman–Crippen LogP) is 16.2. The summed E-state index contributed by atoms with van der Waals surface area (Å²) in [6.07, 6.45) is 20.6. The van der Waals surface area contributed by atoms with Gasteiger partial charge in [0.2, 0.25) is 11.9 Å². The first-order chi connectivity index (χ1) is 38.7. The van der Waals surface area contributed by atoms with Crippen LogP contribution in [-0.2, 0) is 25.7 Å². The van der Waals surface area contributed by atoms with E-state index in [1.165, 1.54) is 82.7 Å². The van der Waals surface area contributed by atoms with Gasteiger partial charge in [0.25, 0.3) is 0 Å². The minimum absolute atomic E-state index is 0.603. The van der Waals surface area contributed by atoms with Crippen LogP contribution in [0.3, 0.4) is 0 Å². The molecule has 0 amide bonds. The van der Waals surface area contributed by atoms with Crippen LogP contribution >= 0.6 is 0 Å². The number of nitrogens with zero attached hydrogens (tertiary/aromatic N) is 8. The number of fused-ring (bicyclic) bond motifs is 8. The molecule has 8 nitrogen and oxygen atoms in total. The molecular formula is C70H50N8. The van der Waals surface area contributed by atoms with E-state index in [-0.39, 0.29) is 0 Å². The first-order valence-corrected chi connectivity index (χ1v) is 27.4. The van der Waals surface area contributed by atoms with Gasteiger partial charge in [-0.2, -0.15) is 19.9 Å². The molecule has 4 aromatic heterocycles. The summed E-state index contributed by atoms with van der Waals surface area (Å²) in [7, 11) is 0. The third kappa shape index (κ3) is 7.20. The molecule has 0 atom stereocenters. The Hall–Kier alpha value is -9.66. The molecule has 8 heteroatoms. The molecule has 0 bridgehead atoms. The monoisotopic (exact) mass is 1000 g/mol. The van der Waals surface area contributed by atoms with Crippen molar-refractivity contribution in [3.63, 3.8) is 0 Å². The van der Waals surface area contributed by atoms with Crippen molar-refractivity contribution in [2.75, 3.05) is 0 Å². The summed E-state index contributed by atoms with van der Waals surface area (Å²) in [4.78, 5) is 32.2. The average Bonchev–Trinajstić information content (AvgIpc) is 4.16. The maximum Gasteiger partial charge on any atom is 0.238 e. The van der Waals surface area contributed by atoms with Gasteiger partial charge in [0, 0.05) is 38.2 Å². The smallest absolute Gasteiger partial charge is 0.238 e. The maximum absolute atomic E-state index is 5.48. The van der Waals surface area contributed by atoms with Gasteiger partial charge in [0.15, 0.2) is 23.3 Å². The summed E-state index contributed by atoms with van der Waals surface area (Å²) < 4.78 is 4.74. The van der Waals surface area contributed by atoms with Gasteiger partial charge < -0.3 is 0 Å². The van der Waals surface area contributed by atoms with Crippen molar-refractivity contribution in [1.29, 1.82) is 0 Å². The van der Waals surface area contributed by atoms with Crippen molar-refractivity contribution in [1.82, 2.24) is 39.0 Å². The van der Waals surface area contributed by atoms with E-state index >= 15 is 0 Å². The van der Waals surface area contributed by atoms with Crippen LogP contribution in [0.25, 0.3) is 123 Å². The number of allylic oxidation sites excluding steroid dienone is 8. The summed E-state index contributed by atoms with van der Waals surface area (Å²) in [6.45, 7) is 0. The Kier molecular flexibility index (Phi) is 10.3. The van der Waals surface area contributed by atoms with Crippen molar-refractivity contribution < 1.29 is 0 Å². The van der Waals surface area contributed by atoms with Gasteiger partial charge in [0.05, 0.1) is 22.1 Å². The van der Waals surface area contributed by atoms with Crippen LogP contribution in [0.15, 0.2) is 206 Å². The van der Waals surface area contributed by atoms with Gasteiger partial charge in [-0.05, 0) is 149 Å². The summed E-state index contributed by atoms with van der Waals surface area (Å²) in [6, 6.07) is 61.0. The van der Waals surface area contributed by atoms with E-state index in [1.807, 2.05) is 36.4 Å². The fourth-order valence-electron chi connectivity index (χ4n) is 12.9. The van der Waals surface area contributed by atoms with Gasteiger partial charge in [-0.25, -0.2) is 9.97 Å². The standard InChI is InChI=1S/C70H50N8/c1-7-19-43(20-8-1)49-33-37-59-55(39-49)57-41-51-31-36-54-62-52(32-35-53(61(51)62)63(57)77(59)69-73-65(45-23-11-3-12-24-45)71-66(74-69)46-25-13-4-14-26-46)42-58-56-40-50(44-21-9-2-10-22-44)34-38-60(56)78(64(54)58)70-75-67(47-27-15-5-16-28-47)72-68(76-70)48-29-17-6-18-30-48/h1-5,7-15,17,19-27,29-30,33-34,37-42H,6,16,18,28,31-32,35-36H2. The fourth-order valence-corrected chi connectivity index (χ4v) is 12.9. The van der Waals surface area contributed by atoms with Gasteiger partial charge in [-0.15, -0.1) is 0 Å².